The van der Waals surface area contributed by atoms with Gasteiger partial charge in [0, 0.05) is 22.7 Å². The Morgan fingerprint density at radius 3 is 2.53 bits per heavy atom. The van der Waals surface area contributed by atoms with E-state index in [0.29, 0.717) is 16.8 Å². The quantitative estimate of drug-likeness (QED) is 0.505. The minimum absolute atomic E-state index is 0.0454. The van der Waals surface area contributed by atoms with Crippen molar-refractivity contribution in [3.63, 3.8) is 0 Å². The van der Waals surface area contributed by atoms with Crippen LogP contribution in [0.5, 0.6) is 11.5 Å². The van der Waals surface area contributed by atoms with Crippen LogP contribution < -0.4 is 10.1 Å². The molecule has 5 heteroatoms. The van der Waals surface area contributed by atoms with E-state index >= 15 is 0 Å². The summed E-state index contributed by atoms with van der Waals surface area (Å²) < 4.78 is 5.53. The number of hydrogen-bond donors (Lipinski definition) is 2. The molecule has 2 N–H and O–H groups in total. The molecular weight excluding hydrogens is 376 g/mol. The number of para-hydroxylation sites is 1. The maximum atomic E-state index is 12.9. The largest absolute Gasteiger partial charge is 0.505 e. The van der Waals surface area contributed by atoms with Crippen LogP contribution in [0.2, 0.25) is 0 Å². The number of nitrogens with zero attached hydrogens (tertiary/aromatic N) is 1. The van der Waals surface area contributed by atoms with E-state index in [1.54, 1.807) is 13.3 Å². The standard InChI is InChI=1S/C25H22N2O3/c1-30-21-12-6-5-11-19(21)24(27-22(28)16-17-8-3-2-4-9-17)20-14-13-18-10-7-15-26-23(18)25(20)29/h2-15,24,29H,16H2,1H3,(H,27,28)/t24-/m0/s1. The minimum atomic E-state index is -0.594. The van der Waals surface area contributed by atoms with Crippen molar-refractivity contribution in [3.05, 3.63) is 102 Å². The number of ether oxygens (including phenoxy) is 1. The molecule has 1 amide bonds. The zero-order valence-corrected chi connectivity index (χ0v) is 16.6. The maximum absolute atomic E-state index is 12.9. The van der Waals surface area contributed by atoms with Gasteiger partial charge in [0.25, 0.3) is 0 Å². The van der Waals surface area contributed by atoms with Gasteiger partial charge in [-0.15, -0.1) is 0 Å². The lowest BCUT2D eigenvalue weighted by molar-refractivity contribution is -0.120. The number of pyridine rings is 1. The summed E-state index contributed by atoms with van der Waals surface area (Å²) in [5, 5.41) is 14.9. The molecule has 0 radical (unpaired) electrons. The zero-order chi connectivity index (χ0) is 20.9. The van der Waals surface area contributed by atoms with Gasteiger partial charge in [0.1, 0.15) is 17.0 Å². The number of methoxy groups -OCH3 is 1. The first-order chi connectivity index (χ1) is 14.7. The summed E-state index contributed by atoms with van der Waals surface area (Å²) in [6.07, 6.45) is 1.87. The first-order valence-corrected chi connectivity index (χ1v) is 9.70. The van der Waals surface area contributed by atoms with E-state index in [0.717, 1.165) is 16.5 Å². The van der Waals surface area contributed by atoms with Gasteiger partial charge in [0.2, 0.25) is 5.91 Å². The third kappa shape index (κ3) is 3.96. The fourth-order valence-electron chi connectivity index (χ4n) is 3.60. The molecule has 0 aliphatic carbocycles. The van der Waals surface area contributed by atoms with Gasteiger partial charge in [-0.1, -0.05) is 66.7 Å². The monoisotopic (exact) mass is 398 g/mol. The molecule has 0 fully saturated rings. The van der Waals surface area contributed by atoms with Gasteiger partial charge < -0.3 is 15.2 Å². The van der Waals surface area contributed by atoms with Gasteiger partial charge in [-0.3, -0.25) is 9.78 Å². The molecule has 0 aliphatic heterocycles. The molecule has 0 spiro atoms. The van der Waals surface area contributed by atoms with Crippen LogP contribution in [0.3, 0.4) is 0 Å². The number of benzene rings is 3. The van der Waals surface area contributed by atoms with Crippen LogP contribution in [0.4, 0.5) is 0 Å². The summed E-state index contributed by atoms with van der Waals surface area (Å²) in [5.41, 5.74) is 2.73. The molecule has 30 heavy (non-hydrogen) atoms. The summed E-state index contributed by atoms with van der Waals surface area (Å²) in [5.74, 6) is 0.518. The van der Waals surface area contributed by atoms with Crippen molar-refractivity contribution in [2.75, 3.05) is 7.11 Å². The third-order valence-corrected chi connectivity index (χ3v) is 5.05. The number of aromatic hydroxyl groups is 1. The molecule has 1 atom stereocenters. The third-order valence-electron chi connectivity index (χ3n) is 5.05. The fraction of sp³-hybridized carbons (Fsp3) is 0.120. The summed E-state index contributed by atoms with van der Waals surface area (Å²) in [7, 11) is 1.59. The Kier molecular flexibility index (Phi) is 5.61. The number of carbonyl (C=O) groups is 1. The van der Waals surface area contributed by atoms with E-state index < -0.39 is 6.04 Å². The molecule has 4 aromatic rings. The molecule has 1 heterocycles. The average molecular weight is 398 g/mol. The molecule has 1 aromatic heterocycles. The number of phenols is 1. The van der Waals surface area contributed by atoms with E-state index in [-0.39, 0.29) is 18.1 Å². The number of hydrogen-bond acceptors (Lipinski definition) is 4. The molecular formula is C25H22N2O3. The van der Waals surface area contributed by atoms with Gasteiger partial charge in [-0.05, 0) is 17.7 Å². The lowest BCUT2D eigenvalue weighted by Crippen LogP contribution is -2.31. The van der Waals surface area contributed by atoms with Crippen LogP contribution in [-0.4, -0.2) is 23.1 Å². The lowest BCUT2D eigenvalue weighted by Gasteiger charge is -2.23. The summed E-state index contributed by atoms with van der Waals surface area (Å²) in [6, 6.07) is 23.8. The Morgan fingerprint density at radius 1 is 0.967 bits per heavy atom. The number of carbonyl (C=O) groups excluding carboxylic acids is 1. The van der Waals surface area contributed by atoms with Crippen LogP contribution in [0.25, 0.3) is 10.9 Å². The number of aromatic nitrogens is 1. The Bertz CT molecular complexity index is 1180. The van der Waals surface area contributed by atoms with E-state index in [9.17, 15) is 9.90 Å². The Labute approximate surface area is 175 Å². The minimum Gasteiger partial charge on any atom is -0.505 e. The first-order valence-electron chi connectivity index (χ1n) is 9.70. The Balaban J connectivity index is 1.76. The van der Waals surface area contributed by atoms with Gasteiger partial charge in [0.15, 0.2) is 0 Å². The van der Waals surface area contributed by atoms with Gasteiger partial charge in [-0.2, -0.15) is 0 Å². The molecule has 0 aliphatic rings. The second-order valence-electron chi connectivity index (χ2n) is 6.98. The van der Waals surface area contributed by atoms with Crippen LogP contribution in [0, 0.1) is 0 Å². The maximum Gasteiger partial charge on any atom is 0.225 e. The lowest BCUT2D eigenvalue weighted by atomic mass is 9.95. The molecule has 150 valence electrons. The van der Waals surface area contributed by atoms with E-state index in [2.05, 4.69) is 10.3 Å². The normalized spacial score (nSPS) is 11.8. The predicted octanol–water partition coefficient (Wildman–Crippen LogP) is 4.40. The summed E-state index contributed by atoms with van der Waals surface area (Å²) >= 11 is 0. The fourth-order valence-corrected chi connectivity index (χ4v) is 3.60. The number of phenolic OH excluding ortho intramolecular Hbond substituents is 1. The summed E-state index contributed by atoms with van der Waals surface area (Å²) in [6.45, 7) is 0. The van der Waals surface area contributed by atoms with Gasteiger partial charge in [0.05, 0.1) is 19.6 Å². The predicted molar refractivity (Wildman–Crippen MR) is 117 cm³/mol. The van der Waals surface area contributed by atoms with Crippen LogP contribution in [0.15, 0.2) is 85.1 Å². The Hall–Kier alpha value is -3.86. The summed E-state index contributed by atoms with van der Waals surface area (Å²) in [4.78, 5) is 17.2. The van der Waals surface area contributed by atoms with Crippen molar-refractivity contribution >= 4 is 16.8 Å². The van der Waals surface area contributed by atoms with E-state index in [1.807, 2.05) is 78.9 Å². The molecule has 0 saturated carbocycles. The average Bonchev–Trinajstić information content (AvgIpc) is 2.79. The van der Waals surface area contributed by atoms with Crippen LogP contribution in [-0.2, 0) is 11.2 Å². The highest BCUT2D eigenvalue weighted by molar-refractivity contribution is 5.86. The van der Waals surface area contributed by atoms with Crippen LogP contribution in [0.1, 0.15) is 22.7 Å². The Morgan fingerprint density at radius 2 is 1.73 bits per heavy atom. The number of amides is 1. The van der Waals surface area contributed by atoms with E-state index in [4.69, 9.17) is 4.74 Å². The topological polar surface area (TPSA) is 71.5 Å². The highest BCUT2D eigenvalue weighted by Crippen LogP contribution is 2.37. The van der Waals surface area contributed by atoms with Crippen LogP contribution >= 0.6 is 0 Å². The van der Waals surface area contributed by atoms with Crippen molar-refractivity contribution in [1.82, 2.24) is 10.3 Å². The van der Waals surface area contributed by atoms with Gasteiger partial charge >= 0.3 is 0 Å². The number of fused-ring (bicyclic) bond motifs is 1. The van der Waals surface area contributed by atoms with Crippen molar-refractivity contribution in [2.24, 2.45) is 0 Å². The van der Waals surface area contributed by atoms with Gasteiger partial charge in [-0.25, -0.2) is 0 Å². The molecule has 0 saturated heterocycles. The van der Waals surface area contributed by atoms with Crippen molar-refractivity contribution in [1.29, 1.82) is 0 Å². The number of nitrogens with one attached hydrogen (secondary N) is 1. The van der Waals surface area contributed by atoms with Crippen molar-refractivity contribution in [2.45, 2.75) is 12.5 Å². The highest BCUT2D eigenvalue weighted by Gasteiger charge is 2.24. The number of rotatable bonds is 6. The molecule has 0 unspecified atom stereocenters. The zero-order valence-electron chi connectivity index (χ0n) is 16.6. The van der Waals surface area contributed by atoms with E-state index in [1.165, 1.54) is 0 Å². The van der Waals surface area contributed by atoms with Crippen molar-refractivity contribution < 1.29 is 14.6 Å². The molecule has 5 nitrogen and oxygen atoms in total. The second-order valence-corrected chi connectivity index (χ2v) is 6.98. The van der Waals surface area contributed by atoms with Crippen molar-refractivity contribution in [3.8, 4) is 11.5 Å². The smallest absolute Gasteiger partial charge is 0.225 e. The molecule has 0 bridgehead atoms. The SMILES string of the molecule is COc1ccccc1[C@H](NC(=O)Cc1ccccc1)c1ccc2cccnc2c1O. The molecule has 3 aromatic carbocycles. The molecule has 4 rings (SSSR count). The highest BCUT2D eigenvalue weighted by atomic mass is 16.5. The first kappa shape index (κ1) is 19.5. The second kappa shape index (κ2) is 8.66.